The Kier molecular flexibility index (Phi) is 2.26. The summed E-state index contributed by atoms with van der Waals surface area (Å²) in [4.78, 5) is 0. The first kappa shape index (κ1) is 9.37. The molecule has 1 aliphatic carbocycles. The van der Waals surface area contributed by atoms with Crippen LogP contribution >= 0.6 is 11.3 Å². The van der Waals surface area contributed by atoms with Gasteiger partial charge >= 0.3 is 0 Å². The molecule has 15 heavy (non-hydrogen) atoms. The summed E-state index contributed by atoms with van der Waals surface area (Å²) in [6, 6.07) is 8.92. The summed E-state index contributed by atoms with van der Waals surface area (Å²) >= 11 is 1.81. The van der Waals surface area contributed by atoms with E-state index in [-0.39, 0.29) is 6.04 Å². The normalized spacial score (nSPS) is 19.0. The van der Waals surface area contributed by atoms with E-state index in [0.717, 1.165) is 5.92 Å². The fraction of sp³-hybridized carbons (Fsp3) is 0.385. The van der Waals surface area contributed by atoms with E-state index < -0.39 is 0 Å². The van der Waals surface area contributed by atoms with Crippen molar-refractivity contribution < 1.29 is 0 Å². The molecule has 0 saturated heterocycles. The number of hydrogen-bond acceptors (Lipinski definition) is 2. The van der Waals surface area contributed by atoms with Crippen LogP contribution in [0, 0.1) is 5.92 Å². The van der Waals surface area contributed by atoms with Crippen LogP contribution < -0.4 is 5.73 Å². The standard InChI is InChI=1S/C13H15NS/c14-12(9-3-1-4-9)11-6-2-5-10-7-8-15-13(10)11/h2,5-9,12H,1,3-4,14H2. The Morgan fingerprint density at radius 3 is 2.87 bits per heavy atom. The number of fused-ring (bicyclic) bond motifs is 1. The highest BCUT2D eigenvalue weighted by molar-refractivity contribution is 7.17. The Morgan fingerprint density at radius 1 is 1.27 bits per heavy atom. The first-order valence-electron chi connectivity index (χ1n) is 5.58. The number of benzene rings is 1. The van der Waals surface area contributed by atoms with Gasteiger partial charge in [-0.1, -0.05) is 24.6 Å². The third-order valence-electron chi connectivity index (χ3n) is 3.53. The number of rotatable bonds is 2. The van der Waals surface area contributed by atoms with Crippen molar-refractivity contribution in [2.24, 2.45) is 11.7 Å². The summed E-state index contributed by atoms with van der Waals surface area (Å²) < 4.78 is 1.39. The SMILES string of the molecule is NC(c1cccc2ccsc12)C1CCC1. The topological polar surface area (TPSA) is 26.0 Å². The molecule has 1 aromatic heterocycles. The van der Waals surface area contributed by atoms with E-state index in [1.165, 1.54) is 34.9 Å². The molecular formula is C13H15NS. The lowest BCUT2D eigenvalue weighted by Gasteiger charge is -2.31. The molecule has 78 valence electrons. The Labute approximate surface area is 93.9 Å². The lowest BCUT2D eigenvalue weighted by atomic mass is 9.77. The molecule has 0 spiro atoms. The average Bonchev–Trinajstić information content (AvgIpc) is 2.61. The van der Waals surface area contributed by atoms with Crippen LogP contribution in [0.15, 0.2) is 29.6 Å². The van der Waals surface area contributed by atoms with Crippen molar-refractivity contribution in [2.45, 2.75) is 25.3 Å². The van der Waals surface area contributed by atoms with Crippen molar-refractivity contribution in [1.29, 1.82) is 0 Å². The van der Waals surface area contributed by atoms with E-state index in [1.807, 2.05) is 11.3 Å². The molecular weight excluding hydrogens is 202 g/mol. The fourth-order valence-electron chi connectivity index (χ4n) is 2.33. The molecule has 0 radical (unpaired) electrons. The molecule has 1 nitrogen and oxygen atoms in total. The van der Waals surface area contributed by atoms with Gasteiger partial charge in [-0.25, -0.2) is 0 Å². The van der Waals surface area contributed by atoms with E-state index in [2.05, 4.69) is 29.6 Å². The second kappa shape index (κ2) is 3.62. The van der Waals surface area contributed by atoms with Crippen LogP contribution in [0.3, 0.4) is 0 Å². The second-order valence-corrected chi connectivity index (χ2v) is 5.32. The van der Waals surface area contributed by atoms with Gasteiger partial charge in [0.05, 0.1) is 0 Å². The molecule has 0 amide bonds. The van der Waals surface area contributed by atoms with Crippen molar-refractivity contribution in [3.05, 3.63) is 35.2 Å². The Hall–Kier alpha value is -0.860. The van der Waals surface area contributed by atoms with Crippen LogP contribution in [0.1, 0.15) is 30.9 Å². The van der Waals surface area contributed by atoms with Crippen LogP contribution in [0.4, 0.5) is 0 Å². The summed E-state index contributed by atoms with van der Waals surface area (Å²) in [5, 5.41) is 3.49. The largest absolute Gasteiger partial charge is 0.324 e. The molecule has 1 fully saturated rings. The molecule has 1 saturated carbocycles. The fourth-order valence-corrected chi connectivity index (χ4v) is 3.29. The van der Waals surface area contributed by atoms with Gasteiger partial charge in [-0.15, -0.1) is 11.3 Å². The van der Waals surface area contributed by atoms with E-state index in [9.17, 15) is 0 Å². The van der Waals surface area contributed by atoms with Crippen molar-refractivity contribution in [3.8, 4) is 0 Å². The number of hydrogen-bond donors (Lipinski definition) is 1. The van der Waals surface area contributed by atoms with Gasteiger partial charge in [0.15, 0.2) is 0 Å². The van der Waals surface area contributed by atoms with Crippen LogP contribution in [-0.2, 0) is 0 Å². The van der Waals surface area contributed by atoms with Crippen molar-refractivity contribution in [1.82, 2.24) is 0 Å². The zero-order valence-electron chi connectivity index (χ0n) is 8.65. The Balaban J connectivity index is 2.05. The van der Waals surface area contributed by atoms with Crippen molar-refractivity contribution >= 4 is 21.4 Å². The highest BCUT2D eigenvalue weighted by Gasteiger charge is 2.26. The van der Waals surface area contributed by atoms with E-state index in [4.69, 9.17) is 5.73 Å². The molecule has 2 aromatic rings. The van der Waals surface area contributed by atoms with Crippen molar-refractivity contribution in [2.75, 3.05) is 0 Å². The predicted octanol–water partition coefficient (Wildman–Crippen LogP) is 3.70. The first-order valence-corrected chi connectivity index (χ1v) is 6.46. The zero-order chi connectivity index (χ0) is 10.3. The van der Waals surface area contributed by atoms with Crippen LogP contribution in [0.25, 0.3) is 10.1 Å². The molecule has 1 atom stereocenters. The molecule has 0 bridgehead atoms. The molecule has 2 N–H and O–H groups in total. The molecule has 1 aliphatic rings. The van der Waals surface area contributed by atoms with E-state index >= 15 is 0 Å². The third-order valence-corrected chi connectivity index (χ3v) is 4.51. The highest BCUT2D eigenvalue weighted by atomic mass is 32.1. The van der Waals surface area contributed by atoms with E-state index in [1.54, 1.807) is 0 Å². The molecule has 0 aliphatic heterocycles. The smallest absolute Gasteiger partial charge is 0.0390 e. The summed E-state index contributed by atoms with van der Waals surface area (Å²) in [6.45, 7) is 0. The van der Waals surface area contributed by atoms with Gasteiger partial charge in [0, 0.05) is 10.7 Å². The number of thiophene rings is 1. The summed E-state index contributed by atoms with van der Waals surface area (Å²) in [5.41, 5.74) is 7.69. The maximum Gasteiger partial charge on any atom is 0.0390 e. The Bertz CT molecular complexity index is 470. The monoisotopic (exact) mass is 217 g/mol. The lowest BCUT2D eigenvalue weighted by molar-refractivity contribution is 0.265. The highest BCUT2D eigenvalue weighted by Crippen LogP contribution is 2.39. The van der Waals surface area contributed by atoms with E-state index in [0.29, 0.717) is 0 Å². The van der Waals surface area contributed by atoms with Gasteiger partial charge in [-0.3, -0.25) is 0 Å². The quantitative estimate of drug-likeness (QED) is 0.815. The molecule has 3 rings (SSSR count). The maximum absolute atomic E-state index is 6.33. The molecule has 1 unspecified atom stereocenters. The van der Waals surface area contributed by atoms with Gasteiger partial charge in [0.2, 0.25) is 0 Å². The summed E-state index contributed by atoms with van der Waals surface area (Å²) in [6.07, 6.45) is 3.98. The predicted molar refractivity (Wildman–Crippen MR) is 66.1 cm³/mol. The Morgan fingerprint density at radius 2 is 2.13 bits per heavy atom. The minimum atomic E-state index is 0.251. The van der Waals surface area contributed by atoms with Gasteiger partial charge in [0.25, 0.3) is 0 Å². The minimum absolute atomic E-state index is 0.251. The van der Waals surface area contributed by atoms with Gasteiger partial charge in [-0.05, 0) is 41.2 Å². The van der Waals surface area contributed by atoms with Crippen molar-refractivity contribution in [3.63, 3.8) is 0 Å². The van der Waals surface area contributed by atoms with Gasteiger partial charge in [-0.2, -0.15) is 0 Å². The zero-order valence-corrected chi connectivity index (χ0v) is 9.46. The number of nitrogens with two attached hydrogens (primary N) is 1. The van der Waals surface area contributed by atoms with Gasteiger partial charge in [0.1, 0.15) is 0 Å². The average molecular weight is 217 g/mol. The first-order chi connectivity index (χ1) is 7.36. The summed E-state index contributed by atoms with van der Waals surface area (Å²) in [7, 11) is 0. The molecule has 2 heteroatoms. The van der Waals surface area contributed by atoms with Gasteiger partial charge < -0.3 is 5.73 Å². The lowest BCUT2D eigenvalue weighted by Crippen LogP contribution is -2.26. The van der Waals surface area contributed by atoms with Crippen LogP contribution in [-0.4, -0.2) is 0 Å². The minimum Gasteiger partial charge on any atom is -0.324 e. The van der Waals surface area contributed by atoms with Crippen LogP contribution in [0.5, 0.6) is 0 Å². The second-order valence-electron chi connectivity index (χ2n) is 4.40. The van der Waals surface area contributed by atoms with Crippen LogP contribution in [0.2, 0.25) is 0 Å². The summed E-state index contributed by atoms with van der Waals surface area (Å²) in [5.74, 6) is 0.720. The molecule has 1 aromatic carbocycles. The maximum atomic E-state index is 6.33. The molecule has 1 heterocycles. The third kappa shape index (κ3) is 1.48.